The predicted molar refractivity (Wildman–Crippen MR) is 105 cm³/mol. The van der Waals surface area contributed by atoms with Crippen molar-refractivity contribution in [3.63, 3.8) is 0 Å². The van der Waals surface area contributed by atoms with E-state index < -0.39 is 23.0 Å². The van der Waals surface area contributed by atoms with Crippen molar-refractivity contribution in [2.24, 2.45) is 0 Å². The second kappa shape index (κ2) is 8.69. The van der Waals surface area contributed by atoms with Crippen LogP contribution in [-0.2, 0) is 9.47 Å². The molecule has 162 valence electrons. The lowest BCUT2D eigenvalue weighted by Crippen LogP contribution is -2.42. The van der Waals surface area contributed by atoms with Gasteiger partial charge in [-0.05, 0) is 32.3 Å². The summed E-state index contributed by atoms with van der Waals surface area (Å²) in [5, 5.41) is 3.17. The van der Waals surface area contributed by atoms with E-state index in [0.29, 0.717) is 19.6 Å². The van der Waals surface area contributed by atoms with Crippen LogP contribution < -0.4 is 15.5 Å². The van der Waals surface area contributed by atoms with Crippen LogP contribution in [0, 0.1) is 11.6 Å². The summed E-state index contributed by atoms with van der Waals surface area (Å²) in [6.45, 7) is 3.73. The van der Waals surface area contributed by atoms with E-state index in [1.54, 1.807) is 11.5 Å². The average Bonchev–Trinajstić information content (AvgIpc) is 3.58. The molecule has 0 amide bonds. The summed E-state index contributed by atoms with van der Waals surface area (Å²) in [5.74, 6) is -3.43. The van der Waals surface area contributed by atoms with Gasteiger partial charge in [0.1, 0.15) is 5.56 Å². The molecular weight excluding hydrogens is 398 g/mol. The molecule has 4 rings (SSSR count). The third kappa shape index (κ3) is 4.04. The van der Waals surface area contributed by atoms with Crippen molar-refractivity contribution in [3.05, 3.63) is 39.7 Å². The Bertz CT molecular complexity index is 1010. The predicted octanol–water partition coefficient (Wildman–Crippen LogP) is 2.55. The first-order valence-corrected chi connectivity index (χ1v) is 10.2. The molecule has 9 heteroatoms. The minimum atomic E-state index is -1.20. The van der Waals surface area contributed by atoms with Crippen LogP contribution in [0.5, 0.6) is 5.75 Å². The summed E-state index contributed by atoms with van der Waals surface area (Å²) >= 11 is 0. The zero-order chi connectivity index (χ0) is 21.3. The Kier molecular flexibility index (Phi) is 6.01. The molecule has 1 aliphatic heterocycles. The summed E-state index contributed by atoms with van der Waals surface area (Å²) in [6, 6.07) is 0.877. The van der Waals surface area contributed by atoms with Crippen molar-refractivity contribution in [2.75, 3.05) is 33.0 Å². The van der Waals surface area contributed by atoms with Gasteiger partial charge in [-0.15, -0.1) is 0 Å². The summed E-state index contributed by atoms with van der Waals surface area (Å²) < 4.78 is 46.7. The van der Waals surface area contributed by atoms with E-state index in [4.69, 9.17) is 14.2 Å². The summed E-state index contributed by atoms with van der Waals surface area (Å²) in [6.07, 6.45) is 3.52. The first-order valence-electron chi connectivity index (χ1n) is 10.2. The molecule has 1 aliphatic carbocycles. The lowest BCUT2D eigenvalue weighted by molar-refractivity contribution is 0.0524. The van der Waals surface area contributed by atoms with Crippen LogP contribution in [0.1, 0.15) is 42.6 Å². The molecule has 1 aromatic carbocycles. The fraction of sp³-hybridized carbons (Fsp3) is 0.524. The molecular formula is C21H24F2N2O5. The number of ether oxygens (including phenoxy) is 3. The minimum absolute atomic E-state index is 0.0121. The highest BCUT2D eigenvalue weighted by Gasteiger charge is 2.31. The second-order valence-electron chi connectivity index (χ2n) is 7.49. The van der Waals surface area contributed by atoms with Gasteiger partial charge in [-0.1, -0.05) is 0 Å². The Morgan fingerprint density at radius 3 is 2.83 bits per heavy atom. The first-order chi connectivity index (χ1) is 14.5. The molecule has 0 bridgehead atoms. The fourth-order valence-electron chi connectivity index (χ4n) is 3.66. The number of rotatable bonds is 7. The number of benzene rings is 1. The van der Waals surface area contributed by atoms with E-state index >= 15 is 0 Å². The number of esters is 1. The van der Waals surface area contributed by atoms with Gasteiger partial charge in [0.15, 0.2) is 11.6 Å². The summed E-state index contributed by atoms with van der Waals surface area (Å²) in [7, 11) is 0. The van der Waals surface area contributed by atoms with Crippen LogP contribution in [-0.4, -0.2) is 49.6 Å². The van der Waals surface area contributed by atoms with Crippen molar-refractivity contribution in [2.45, 2.75) is 38.3 Å². The topological polar surface area (TPSA) is 78.8 Å². The van der Waals surface area contributed by atoms with Gasteiger partial charge in [-0.2, -0.15) is 4.39 Å². The molecule has 7 nitrogen and oxygen atoms in total. The fourth-order valence-corrected chi connectivity index (χ4v) is 3.66. The van der Waals surface area contributed by atoms with Crippen molar-refractivity contribution in [1.29, 1.82) is 0 Å². The molecule has 1 unspecified atom stereocenters. The van der Waals surface area contributed by atoms with E-state index in [-0.39, 0.29) is 47.5 Å². The van der Waals surface area contributed by atoms with Gasteiger partial charge in [-0.25, -0.2) is 9.18 Å². The van der Waals surface area contributed by atoms with Crippen LogP contribution >= 0.6 is 0 Å². The Labute approximate surface area is 171 Å². The Morgan fingerprint density at radius 1 is 1.37 bits per heavy atom. The third-order valence-corrected chi connectivity index (χ3v) is 5.31. The molecule has 2 fully saturated rings. The van der Waals surface area contributed by atoms with Crippen molar-refractivity contribution in [3.8, 4) is 5.75 Å². The molecule has 2 heterocycles. The molecule has 2 aliphatic rings. The zero-order valence-corrected chi connectivity index (χ0v) is 16.7. The standard InChI is InChI=1S/C21H24F2N2O5/c1-2-29-21(27)15-10-25(13-3-4-13)18-14(19(15)26)9-16(22)17(23)20(18)30-7-5-12-11-28-8-6-24-12/h9-10,12-13,24H,2-8,11H2,1H3. The van der Waals surface area contributed by atoms with E-state index in [1.165, 1.54) is 6.20 Å². The van der Waals surface area contributed by atoms with Crippen LogP contribution in [0.25, 0.3) is 10.9 Å². The highest BCUT2D eigenvalue weighted by molar-refractivity contribution is 5.95. The number of hydrogen-bond acceptors (Lipinski definition) is 6. The molecule has 30 heavy (non-hydrogen) atoms. The number of fused-ring (bicyclic) bond motifs is 1. The van der Waals surface area contributed by atoms with Crippen molar-refractivity contribution < 1.29 is 27.8 Å². The quantitative estimate of drug-likeness (QED) is 0.691. The summed E-state index contributed by atoms with van der Waals surface area (Å²) in [4.78, 5) is 25.1. The molecule has 1 N–H and O–H groups in total. The van der Waals surface area contributed by atoms with Crippen LogP contribution in [0.2, 0.25) is 0 Å². The van der Waals surface area contributed by atoms with Gasteiger partial charge in [0.05, 0.1) is 37.3 Å². The van der Waals surface area contributed by atoms with Gasteiger partial charge >= 0.3 is 5.97 Å². The molecule has 2 aromatic rings. The van der Waals surface area contributed by atoms with Crippen LogP contribution in [0.15, 0.2) is 17.1 Å². The second-order valence-corrected chi connectivity index (χ2v) is 7.49. The number of aromatic nitrogens is 1. The Balaban J connectivity index is 1.75. The third-order valence-electron chi connectivity index (χ3n) is 5.31. The van der Waals surface area contributed by atoms with Gasteiger partial charge in [0.2, 0.25) is 11.2 Å². The van der Waals surface area contributed by atoms with E-state index in [2.05, 4.69) is 5.32 Å². The van der Waals surface area contributed by atoms with Crippen LogP contribution in [0.4, 0.5) is 8.78 Å². The van der Waals surface area contributed by atoms with E-state index in [0.717, 1.165) is 25.5 Å². The first kappa shape index (κ1) is 20.7. The number of carbonyl (C=O) groups is 1. The lowest BCUT2D eigenvalue weighted by Gasteiger charge is -2.24. The lowest BCUT2D eigenvalue weighted by atomic mass is 10.1. The number of pyridine rings is 1. The minimum Gasteiger partial charge on any atom is -0.488 e. The number of carbonyl (C=O) groups excluding carboxylic acids is 1. The zero-order valence-electron chi connectivity index (χ0n) is 16.7. The Morgan fingerprint density at radius 2 is 2.17 bits per heavy atom. The maximum Gasteiger partial charge on any atom is 0.343 e. The number of nitrogens with zero attached hydrogens (tertiary/aromatic N) is 1. The largest absolute Gasteiger partial charge is 0.488 e. The number of morpholine rings is 1. The van der Waals surface area contributed by atoms with E-state index in [1.807, 2.05) is 0 Å². The maximum atomic E-state index is 14.7. The maximum absolute atomic E-state index is 14.7. The molecule has 0 radical (unpaired) electrons. The molecule has 1 aromatic heterocycles. The summed E-state index contributed by atoms with van der Waals surface area (Å²) in [5.41, 5.74) is -0.731. The van der Waals surface area contributed by atoms with Crippen molar-refractivity contribution >= 4 is 16.9 Å². The number of nitrogens with one attached hydrogen (secondary N) is 1. The van der Waals surface area contributed by atoms with Gasteiger partial charge < -0.3 is 24.1 Å². The molecule has 0 spiro atoms. The van der Waals surface area contributed by atoms with Crippen molar-refractivity contribution in [1.82, 2.24) is 9.88 Å². The SMILES string of the molecule is CCOC(=O)c1cn(C2CC2)c2c(OCCC3COCCN3)c(F)c(F)cc2c1=O. The highest BCUT2D eigenvalue weighted by atomic mass is 19.2. The Hall–Kier alpha value is -2.52. The van der Waals surface area contributed by atoms with Gasteiger partial charge in [-0.3, -0.25) is 4.79 Å². The smallest absolute Gasteiger partial charge is 0.343 e. The van der Waals surface area contributed by atoms with Gasteiger partial charge in [0.25, 0.3) is 0 Å². The number of halogens is 2. The van der Waals surface area contributed by atoms with E-state index in [9.17, 15) is 18.4 Å². The molecule has 1 saturated carbocycles. The average molecular weight is 422 g/mol. The molecule has 1 saturated heterocycles. The molecule has 1 atom stereocenters. The van der Waals surface area contributed by atoms with Crippen LogP contribution in [0.3, 0.4) is 0 Å². The highest BCUT2D eigenvalue weighted by Crippen LogP contribution is 2.40. The van der Waals surface area contributed by atoms with Gasteiger partial charge in [0, 0.05) is 24.8 Å². The normalized spacial score (nSPS) is 19.1. The monoisotopic (exact) mass is 422 g/mol. The number of hydrogen-bond donors (Lipinski definition) is 1.